The molecule has 0 spiro atoms. The van der Waals surface area contributed by atoms with Crippen molar-refractivity contribution in [3.63, 3.8) is 0 Å². The fraction of sp³-hybridized carbons (Fsp3) is 0.703. The van der Waals surface area contributed by atoms with Crippen LogP contribution in [0.5, 0.6) is 0 Å². The lowest BCUT2D eigenvalue weighted by atomic mass is 9.67. The number of hydrogen-bond acceptors (Lipinski definition) is 3. The quantitative estimate of drug-likeness (QED) is 0.211. The minimum atomic E-state index is -0.0796. The van der Waals surface area contributed by atoms with E-state index in [1.807, 2.05) is 0 Å². The molecule has 2 aromatic rings. The van der Waals surface area contributed by atoms with Crippen LogP contribution in [-0.2, 0) is 0 Å². The second-order valence-electron chi connectivity index (χ2n) is 13.2. The van der Waals surface area contributed by atoms with Crippen molar-refractivity contribution in [1.82, 2.24) is 9.97 Å². The summed E-state index contributed by atoms with van der Waals surface area (Å²) in [6.07, 6.45) is 29.8. The summed E-state index contributed by atoms with van der Waals surface area (Å²) < 4.78 is 0. The summed E-state index contributed by atoms with van der Waals surface area (Å²) in [5, 5.41) is 10.0. The number of nitrogens with zero attached hydrogens (tertiary/aromatic N) is 3. The maximum absolute atomic E-state index is 10.0. The van der Waals surface area contributed by atoms with E-state index >= 15 is 0 Å². The maximum atomic E-state index is 10.0. The largest absolute Gasteiger partial charge is 0.236 e. The van der Waals surface area contributed by atoms with E-state index in [2.05, 4.69) is 56.6 Å². The van der Waals surface area contributed by atoms with Gasteiger partial charge in [-0.15, -0.1) is 0 Å². The van der Waals surface area contributed by atoms with Gasteiger partial charge in [0.15, 0.2) is 5.82 Å². The third-order valence-electron chi connectivity index (χ3n) is 10.3. The summed E-state index contributed by atoms with van der Waals surface area (Å²) in [6, 6.07) is 11.7. The Morgan fingerprint density at radius 3 is 1.90 bits per heavy atom. The van der Waals surface area contributed by atoms with Gasteiger partial charge in [-0.3, -0.25) is 0 Å². The van der Waals surface area contributed by atoms with Crippen LogP contribution in [0.1, 0.15) is 165 Å². The fourth-order valence-corrected chi connectivity index (χ4v) is 7.41. The van der Waals surface area contributed by atoms with Crippen molar-refractivity contribution in [2.24, 2.45) is 11.3 Å². The Labute approximate surface area is 245 Å². The van der Waals surface area contributed by atoms with Gasteiger partial charge in [-0.25, -0.2) is 9.97 Å². The molecule has 0 radical (unpaired) electrons. The smallest absolute Gasteiger partial charge is 0.159 e. The molecule has 0 aliphatic heterocycles. The van der Waals surface area contributed by atoms with E-state index in [9.17, 15) is 5.26 Å². The van der Waals surface area contributed by atoms with Crippen molar-refractivity contribution in [2.45, 2.75) is 154 Å². The molecule has 1 aromatic heterocycles. The predicted molar refractivity (Wildman–Crippen MR) is 168 cm³/mol. The number of unbranched alkanes of at least 4 members (excludes halogenated alkanes) is 8. The first kappa shape index (κ1) is 30.7. The summed E-state index contributed by atoms with van der Waals surface area (Å²) in [6.45, 7) is 4.57. The van der Waals surface area contributed by atoms with Crippen molar-refractivity contribution in [3.8, 4) is 17.5 Å². The van der Waals surface area contributed by atoms with Gasteiger partial charge in [0, 0.05) is 18.0 Å². The highest BCUT2D eigenvalue weighted by Crippen LogP contribution is 2.46. The average molecular weight is 542 g/mol. The zero-order valence-electron chi connectivity index (χ0n) is 25.7. The van der Waals surface area contributed by atoms with E-state index in [-0.39, 0.29) is 5.41 Å². The third kappa shape index (κ3) is 8.89. The molecule has 2 aliphatic carbocycles. The van der Waals surface area contributed by atoms with E-state index in [0.717, 1.165) is 49.4 Å². The van der Waals surface area contributed by atoms with Crippen molar-refractivity contribution >= 4 is 0 Å². The SMILES string of the molecule is CCCCCCCCCC1(C#N)CCC(c2ccc(-c3ncc(C4CCC(CCCCC)CC4)cn3)cc2)CC1. The molecule has 2 fully saturated rings. The monoisotopic (exact) mass is 541 g/mol. The van der Waals surface area contributed by atoms with Gasteiger partial charge in [0.05, 0.1) is 11.5 Å². The van der Waals surface area contributed by atoms with Crippen LogP contribution in [0.2, 0.25) is 0 Å². The summed E-state index contributed by atoms with van der Waals surface area (Å²) in [5.41, 5.74) is 3.77. The molecule has 0 bridgehead atoms. The van der Waals surface area contributed by atoms with Gasteiger partial charge in [0.2, 0.25) is 0 Å². The predicted octanol–water partition coefficient (Wildman–Crippen LogP) is 11.3. The van der Waals surface area contributed by atoms with Crippen LogP contribution in [0.4, 0.5) is 0 Å². The molecular formula is C37H55N3. The van der Waals surface area contributed by atoms with Crippen LogP contribution in [0, 0.1) is 22.7 Å². The molecule has 1 heterocycles. The molecule has 40 heavy (non-hydrogen) atoms. The lowest BCUT2D eigenvalue weighted by Gasteiger charge is -2.35. The van der Waals surface area contributed by atoms with Crippen LogP contribution < -0.4 is 0 Å². The van der Waals surface area contributed by atoms with Crippen LogP contribution in [0.15, 0.2) is 36.7 Å². The van der Waals surface area contributed by atoms with Crippen LogP contribution in [0.25, 0.3) is 11.4 Å². The van der Waals surface area contributed by atoms with Crippen LogP contribution in [0.3, 0.4) is 0 Å². The number of hydrogen-bond donors (Lipinski definition) is 0. The first-order valence-corrected chi connectivity index (χ1v) is 17.0. The lowest BCUT2D eigenvalue weighted by molar-refractivity contribution is 0.223. The molecule has 218 valence electrons. The fourth-order valence-electron chi connectivity index (χ4n) is 7.41. The number of rotatable bonds is 15. The first-order chi connectivity index (χ1) is 19.7. The van der Waals surface area contributed by atoms with E-state index in [4.69, 9.17) is 9.97 Å². The summed E-state index contributed by atoms with van der Waals surface area (Å²) >= 11 is 0. The molecule has 1 aromatic carbocycles. The minimum Gasteiger partial charge on any atom is -0.236 e. The molecule has 0 saturated heterocycles. The van der Waals surface area contributed by atoms with E-state index in [1.165, 1.54) is 107 Å². The molecule has 0 N–H and O–H groups in total. The maximum Gasteiger partial charge on any atom is 0.159 e. The van der Waals surface area contributed by atoms with Crippen molar-refractivity contribution < 1.29 is 0 Å². The van der Waals surface area contributed by atoms with Crippen molar-refractivity contribution in [1.29, 1.82) is 5.26 Å². The zero-order valence-corrected chi connectivity index (χ0v) is 25.7. The normalized spacial score (nSPS) is 25.0. The van der Waals surface area contributed by atoms with Gasteiger partial charge in [0.25, 0.3) is 0 Å². The van der Waals surface area contributed by atoms with Gasteiger partial charge in [-0.1, -0.05) is 109 Å². The Balaban J connectivity index is 1.22. The topological polar surface area (TPSA) is 49.6 Å². The molecular weight excluding hydrogens is 486 g/mol. The summed E-state index contributed by atoms with van der Waals surface area (Å²) in [5.74, 6) is 2.99. The van der Waals surface area contributed by atoms with Gasteiger partial charge in [-0.2, -0.15) is 5.26 Å². The molecule has 2 aliphatic rings. The van der Waals surface area contributed by atoms with E-state index < -0.39 is 0 Å². The highest BCUT2D eigenvalue weighted by atomic mass is 14.9. The van der Waals surface area contributed by atoms with Gasteiger partial charge in [0.1, 0.15) is 0 Å². The standard InChI is InChI=1S/C37H55N3/c1-3-5-7-8-9-10-12-24-37(29-38)25-22-33(23-26-37)31-18-20-34(21-19-31)36-39-27-35(28-40-36)32-16-14-30(15-17-32)13-11-6-4-2/h18-21,27-28,30,32-33H,3-17,22-26H2,1-2H3. The Hall–Kier alpha value is -2.21. The van der Waals surface area contributed by atoms with Crippen molar-refractivity contribution in [2.75, 3.05) is 0 Å². The molecule has 0 amide bonds. The molecule has 3 nitrogen and oxygen atoms in total. The molecule has 0 atom stereocenters. The summed E-state index contributed by atoms with van der Waals surface area (Å²) in [4.78, 5) is 9.57. The minimum absolute atomic E-state index is 0.0796. The van der Waals surface area contributed by atoms with Gasteiger partial charge in [-0.05, 0) is 86.7 Å². The Kier molecular flexibility index (Phi) is 12.5. The third-order valence-corrected chi connectivity index (χ3v) is 10.3. The second-order valence-corrected chi connectivity index (χ2v) is 13.2. The molecule has 3 heteroatoms. The molecule has 2 saturated carbocycles. The Morgan fingerprint density at radius 2 is 1.27 bits per heavy atom. The molecule has 4 rings (SSSR count). The lowest BCUT2D eigenvalue weighted by Crippen LogP contribution is -2.25. The van der Waals surface area contributed by atoms with Gasteiger partial charge >= 0.3 is 0 Å². The Bertz CT molecular complexity index is 1000. The molecule has 0 unspecified atom stereocenters. The Morgan fingerprint density at radius 1 is 0.700 bits per heavy atom. The number of nitriles is 1. The van der Waals surface area contributed by atoms with Gasteiger partial charge < -0.3 is 0 Å². The van der Waals surface area contributed by atoms with E-state index in [1.54, 1.807) is 0 Å². The highest BCUT2D eigenvalue weighted by molar-refractivity contribution is 5.55. The highest BCUT2D eigenvalue weighted by Gasteiger charge is 2.35. The zero-order chi connectivity index (χ0) is 28.0. The number of benzene rings is 1. The van der Waals surface area contributed by atoms with E-state index in [0.29, 0.717) is 11.8 Å². The first-order valence-electron chi connectivity index (χ1n) is 17.0. The number of aromatic nitrogens is 2. The summed E-state index contributed by atoms with van der Waals surface area (Å²) in [7, 11) is 0. The second kappa shape index (κ2) is 16.3. The van der Waals surface area contributed by atoms with Crippen LogP contribution in [-0.4, -0.2) is 9.97 Å². The van der Waals surface area contributed by atoms with Crippen molar-refractivity contribution in [3.05, 3.63) is 47.8 Å². The average Bonchev–Trinajstić information content (AvgIpc) is 3.02. The van der Waals surface area contributed by atoms with Crippen LogP contribution >= 0.6 is 0 Å².